The Kier molecular flexibility index (Phi) is 3.48. The number of rotatable bonds is 2. The van der Waals surface area contributed by atoms with Crippen molar-refractivity contribution in [1.29, 1.82) is 0 Å². The standard InChI is InChI=1S/C16H20O6/c1-16(2)21-13-12-11(19-15(13)22-16)10(8-17)18-14(20-12)9-6-4-3-5-7-9/h3-7,10-15,17H,8H2,1-2H3/t10?,11-,12-,13?,14?,15-/m1/s1. The maximum Gasteiger partial charge on any atom is 0.190 e. The van der Waals surface area contributed by atoms with Crippen LogP contribution in [0.5, 0.6) is 0 Å². The molecule has 1 N–H and O–H groups in total. The Morgan fingerprint density at radius 1 is 0.955 bits per heavy atom. The Hall–Kier alpha value is -1.02. The number of ether oxygens (including phenoxy) is 5. The number of benzene rings is 1. The molecule has 1 aromatic rings. The van der Waals surface area contributed by atoms with E-state index in [-0.39, 0.29) is 18.8 Å². The molecule has 0 radical (unpaired) electrons. The van der Waals surface area contributed by atoms with Gasteiger partial charge in [0.1, 0.15) is 24.4 Å². The third kappa shape index (κ3) is 2.36. The summed E-state index contributed by atoms with van der Waals surface area (Å²) in [5, 5.41) is 9.63. The molecule has 0 bridgehead atoms. The van der Waals surface area contributed by atoms with Crippen LogP contribution in [0.1, 0.15) is 25.7 Å². The van der Waals surface area contributed by atoms with Crippen LogP contribution in [0.4, 0.5) is 0 Å². The van der Waals surface area contributed by atoms with Gasteiger partial charge in [0, 0.05) is 5.56 Å². The maximum absolute atomic E-state index is 9.63. The van der Waals surface area contributed by atoms with Crippen molar-refractivity contribution in [2.45, 2.75) is 56.6 Å². The van der Waals surface area contributed by atoms with Crippen LogP contribution in [-0.2, 0) is 23.7 Å². The van der Waals surface area contributed by atoms with Gasteiger partial charge < -0.3 is 28.8 Å². The van der Waals surface area contributed by atoms with E-state index in [1.54, 1.807) is 0 Å². The molecule has 3 fully saturated rings. The second-order valence-corrected chi connectivity index (χ2v) is 6.27. The lowest BCUT2D eigenvalue weighted by Crippen LogP contribution is -2.50. The Morgan fingerprint density at radius 2 is 1.73 bits per heavy atom. The molecular weight excluding hydrogens is 288 g/mol. The van der Waals surface area contributed by atoms with Gasteiger partial charge in [-0.15, -0.1) is 0 Å². The van der Waals surface area contributed by atoms with Crippen molar-refractivity contribution in [3.63, 3.8) is 0 Å². The molecule has 1 aromatic carbocycles. The number of fused-ring (bicyclic) bond motifs is 3. The molecule has 6 atom stereocenters. The normalized spacial score (nSPS) is 42.9. The summed E-state index contributed by atoms with van der Waals surface area (Å²) in [6.07, 6.45) is -2.54. The lowest BCUT2D eigenvalue weighted by molar-refractivity contribution is -0.313. The van der Waals surface area contributed by atoms with E-state index < -0.39 is 30.6 Å². The summed E-state index contributed by atoms with van der Waals surface area (Å²) >= 11 is 0. The maximum atomic E-state index is 9.63. The van der Waals surface area contributed by atoms with Gasteiger partial charge in [-0.3, -0.25) is 0 Å². The molecule has 3 aliphatic heterocycles. The van der Waals surface area contributed by atoms with E-state index in [2.05, 4.69) is 0 Å². The Morgan fingerprint density at radius 3 is 2.45 bits per heavy atom. The second kappa shape index (κ2) is 5.26. The van der Waals surface area contributed by atoms with E-state index in [9.17, 15) is 5.11 Å². The Balaban J connectivity index is 1.59. The zero-order valence-corrected chi connectivity index (χ0v) is 12.5. The molecule has 0 amide bonds. The van der Waals surface area contributed by atoms with Crippen LogP contribution in [0.2, 0.25) is 0 Å². The monoisotopic (exact) mass is 308 g/mol. The van der Waals surface area contributed by atoms with E-state index in [1.807, 2.05) is 44.2 Å². The third-order valence-corrected chi connectivity index (χ3v) is 4.22. The molecule has 0 saturated carbocycles. The second-order valence-electron chi connectivity index (χ2n) is 6.27. The van der Waals surface area contributed by atoms with Crippen molar-refractivity contribution in [3.05, 3.63) is 35.9 Å². The molecule has 0 aromatic heterocycles. The number of aliphatic hydroxyl groups excluding tert-OH is 1. The van der Waals surface area contributed by atoms with E-state index in [0.29, 0.717) is 0 Å². The first-order valence-corrected chi connectivity index (χ1v) is 7.55. The summed E-state index contributed by atoms with van der Waals surface area (Å²) in [5.41, 5.74) is 0.904. The van der Waals surface area contributed by atoms with Gasteiger partial charge in [0.2, 0.25) is 0 Å². The highest BCUT2D eigenvalue weighted by Gasteiger charge is 2.59. The highest BCUT2D eigenvalue weighted by Crippen LogP contribution is 2.44. The van der Waals surface area contributed by atoms with Crippen LogP contribution >= 0.6 is 0 Å². The highest BCUT2D eigenvalue weighted by atomic mass is 16.9. The van der Waals surface area contributed by atoms with Crippen LogP contribution in [0.15, 0.2) is 30.3 Å². The predicted octanol–water partition coefficient (Wildman–Crippen LogP) is 1.34. The van der Waals surface area contributed by atoms with Crippen LogP contribution in [0.25, 0.3) is 0 Å². The van der Waals surface area contributed by atoms with Gasteiger partial charge in [0.15, 0.2) is 18.4 Å². The molecular formula is C16H20O6. The lowest BCUT2D eigenvalue weighted by atomic mass is 10.0. The zero-order valence-electron chi connectivity index (χ0n) is 12.5. The zero-order chi connectivity index (χ0) is 15.3. The number of hydrogen-bond acceptors (Lipinski definition) is 6. The van der Waals surface area contributed by atoms with Crippen LogP contribution in [-0.4, -0.2) is 48.2 Å². The molecule has 3 aliphatic rings. The number of aliphatic hydroxyl groups is 1. The van der Waals surface area contributed by atoms with Gasteiger partial charge in [-0.25, -0.2) is 0 Å². The largest absolute Gasteiger partial charge is 0.394 e. The quantitative estimate of drug-likeness (QED) is 0.889. The van der Waals surface area contributed by atoms with Crippen molar-refractivity contribution in [2.75, 3.05) is 6.61 Å². The molecule has 0 spiro atoms. The van der Waals surface area contributed by atoms with Crippen molar-refractivity contribution in [2.24, 2.45) is 0 Å². The van der Waals surface area contributed by atoms with Crippen molar-refractivity contribution >= 4 is 0 Å². The van der Waals surface area contributed by atoms with E-state index >= 15 is 0 Å². The lowest BCUT2D eigenvalue weighted by Gasteiger charge is -2.39. The van der Waals surface area contributed by atoms with Crippen LogP contribution < -0.4 is 0 Å². The van der Waals surface area contributed by atoms with E-state index in [0.717, 1.165) is 5.56 Å². The van der Waals surface area contributed by atoms with E-state index in [1.165, 1.54) is 0 Å². The summed E-state index contributed by atoms with van der Waals surface area (Å²) in [6.45, 7) is 3.55. The predicted molar refractivity (Wildman–Crippen MR) is 74.7 cm³/mol. The molecule has 6 heteroatoms. The molecule has 3 saturated heterocycles. The first-order valence-electron chi connectivity index (χ1n) is 7.55. The molecule has 120 valence electrons. The minimum atomic E-state index is -0.696. The fraction of sp³-hybridized carbons (Fsp3) is 0.625. The number of hydrogen-bond donors (Lipinski definition) is 1. The first kappa shape index (κ1) is 14.6. The van der Waals surface area contributed by atoms with Crippen molar-refractivity contribution in [1.82, 2.24) is 0 Å². The van der Waals surface area contributed by atoms with Gasteiger partial charge in [-0.05, 0) is 13.8 Å². The fourth-order valence-corrected chi connectivity index (χ4v) is 3.28. The fourth-order valence-electron chi connectivity index (χ4n) is 3.28. The Bertz CT molecular complexity index is 533. The molecule has 3 heterocycles. The van der Waals surface area contributed by atoms with E-state index in [4.69, 9.17) is 23.7 Å². The van der Waals surface area contributed by atoms with Crippen molar-refractivity contribution in [3.8, 4) is 0 Å². The van der Waals surface area contributed by atoms with Gasteiger partial charge in [0.25, 0.3) is 0 Å². The van der Waals surface area contributed by atoms with Gasteiger partial charge in [0.05, 0.1) is 6.61 Å². The molecule has 4 rings (SSSR count). The Labute approximate surface area is 128 Å². The summed E-state index contributed by atoms with van der Waals surface area (Å²) in [7, 11) is 0. The molecule has 3 unspecified atom stereocenters. The highest BCUT2D eigenvalue weighted by molar-refractivity contribution is 5.17. The summed E-state index contributed by atoms with van der Waals surface area (Å²) < 4.78 is 29.4. The van der Waals surface area contributed by atoms with Crippen LogP contribution in [0, 0.1) is 0 Å². The molecule has 0 aliphatic carbocycles. The minimum absolute atomic E-state index is 0.142. The van der Waals surface area contributed by atoms with Gasteiger partial charge in [-0.1, -0.05) is 30.3 Å². The minimum Gasteiger partial charge on any atom is -0.394 e. The van der Waals surface area contributed by atoms with Gasteiger partial charge >= 0.3 is 0 Å². The average Bonchev–Trinajstić information content (AvgIpc) is 2.99. The summed E-state index contributed by atoms with van der Waals surface area (Å²) in [5.74, 6) is -0.696. The topological polar surface area (TPSA) is 66.4 Å². The molecule has 22 heavy (non-hydrogen) atoms. The van der Waals surface area contributed by atoms with Gasteiger partial charge in [-0.2, -0.15) is 0 Å². The smallest absolute Gasteiger partial charge is 0.190 e. The van der Waals surface area contributed by atoms with Crippen molar-refractivity contribution < 1.29 is 28.8 Å². The third-order valence-electron chi connectivity index (χ3n) is 4.22. The van der Waals surface area contributed by atoms with Crippen LogP contribution in [0.3, 0.4) is 0 Å². The SMILES string of the molecule is CC1(C)OC2[C@H](O[C@@H]3C(CO)OC(c4ccccc4)O[C@@H]23)O1. The molecule has 6 nitrogen and oxygen atoms in total. The summed E-state index contributed by atoms with van der Waals surface area (Å²) in [4.78, 5) is 0. The average molecular weight is 308 g/mol. The summed E-state index contributed by atoms with van der Waals surface area (Å²) in [6, 6.07) is 9.65. The first-order chi connectivity index (χ1) is 10.6.